The number of aromatic carboxylic acids is 1. The molecule has 6 nitrogen and oxygen atoms in total. The lowest BCUT2D eigenvalue weighted by molar-refractivity contribution is -0.117. The van der Waals surface area contributed by atoms with Gasteiger partial charge in [0.15, 0.2) is 0 Å². The average Bonchev–Trinajstić information content (AvgIpc) is 3.46. The average molecular weight is 370 g/mol. The topological polar surface area (TPSA) is 95.5 Å². The van der Waals surface area contributed by atoms with Crippen LogP contribution < -0.4 is 10.6 Å². The predicted octanol–water partition coefficient (Wildman–Crippen LogP) is 3.46. The van der Waals surface area contributed by atoms with Crippen molar-refractivity contribution < 1.29 is 19.5 Å². The smallest absolute Gasteiger partial charge is 0.335 e. The van der Waals surface area contributed by atoms with E-state index in [1.165, 1.54) is 23.9 Å². The first-order chi connectivity index (χ1) is 12.5. The predicted molar refractivity (Wildman–Crippen MR) is 101 cm³/mol. The fourth-order valence-electron chi connectivity index (χ4n) is 2.30. The molecule has 0 bridgehead atoms. The Labute approximate surface area is 155 Å². The zero-order chi connectivity index (χ0) is 18.5. The number of carboxylic acid groups (broad SMARTS) is 1. The summed E-state index contributed by atoms with van der Waals surface area (Å²) in [6.07, 6.45) is 1.93. The molecule has 0 unspecified atom stereocenters. The molecule has 7 heteroatoms. The molecule has 0 atom stereocenters. The van der Waals surface area contributed by atoms with E-state index in [0.29, 0.717) is 5.69 Å². The lowest BCUT2D eigenvalue weighted by Gasteiger charge is -2.07. The van der Waals surface area contributed by atoms with E-state index in [-0.39, 0.29) is 29.0 Å². The third-order valence-corrected chi connectivity index (χ3v) is 4.85. The van der Waals surface area contributed by atoms with Crippen molar-refractivity contribution in [2.45, 2.75) is 17.7 Å². The maximum atomic E-state index is 12.0. The lowest BCUT2D eigenvalue weighted by Crippen LogP contribution is -2.14. The second-order valence-corrected chi connectivity index (χ2v) is 7.06. The van der Waals surface area contributed by atoms with Gasteiger partial charge in [0.2, 0.25) is 11.8 Å². The molecule has 0 aliphatic heterocycles. The number of carboxylic acids is 1. The Hall–Kier alpha value is -2.80. The summed E-state index contributed by atoms with van der Waals surface area (Å²) in [5.74, 6) is -0.834. The lowest BCUT2D eigenvalue weighted by atomic mass is 10.2. The van der Waals surface area contributed by atoms with Crippen LogP contribution in [0.5, 0.6) is 0 Å². The summed E-state index contributed by atoms with van der Waals surface area (Å²) in [7, 11) is 0. The van der Waals surface area contributed by atoms with Crippen LogP contribution in [0.1, 0.15) is 23.2 Å². The van der Waals surface area contributed by atoms with E-state index in [4.69, 9.17) is 5.11 Å². The number of thioether (sulfide) groups is 1. The Morgan fingerprint density at radius 2 is 1.73 bits per heavy atom. The van der Waals surface area contributed by atoms with Gasteiger partial charge in [0.1, 0.15) is 0 Å². The van der Waals surface area contributed by atoms with Crippen molar-refractivity contribution in [3.05, 3.63) is 54.1 Å². The molecule has 134 valence electrons. The highest BCUT2D eigenvalue weighted by molar-refractivity contribution is 8.00. The monoisotopic (exact) mass is 370 g/mol. The van der Waals surface area contributed by atoms with Crippen molar-refractivity contribution in [1.82, 2.24) is 0 Å². The van der Waals surface area contributed by atoms with E-state index in [2.05, 4.69) is 10.6 Å². The van der Waals surface area contributed by atoms with Gasteiger partial charge in [-0.05, 0) is 55.3 Å². The molecule has 2 amide bonds. The van der Waals surface area contributed by atoms with Gasteiger partial charge < -0.3 is 15.7 Å². The number of benzene rings is 2. The molecule has 0 aromatic heterocycles. The van der Waals surface area contributed by atoms with Crippen LogP contribution in [0.4, 0.5) is 11.4 Å². The number of carbonyl (C=O) groups excluding carboxylic acids is 2. The van der Waals surface area contributed by atoms with Crippen LogP contribution in [-0.2, 0) is 9.59 Å². The van der Waals surface area contributed by atoms with Crippen molar-refractivity contribution >= 4 is 40.9 Å². The molecule has 26 heavy (non-hydrogen) atoms. The van der Waals surface area contributed by atoms with Crippen molar-refractivity contribution in [3.8, 4) is 0 Å². The minimum Gasteiger partial charge on any atom is -0.478 e. The van der Waals surface area contributed by atoms with Crippen molar-refractivity contribution in [2.24, 2.45) is 5.92 Å². The van der Waals surface area contributed by atoms with Crippen LogP contribution in [0.3, 0.4) is 0 Å². The quantitative estimate of drug-likeness (QED) is 0.649. The number of hydrogen-bond donors (Lipinski definition) is 3. The third-order valence-electron chi connectivity index (χ3n) is 3.83. The molecular formula is C19H18N2O4S. The van der Waals surface area contributed by atoms with E-state index in [1.54, 1.807) is 12.1 Å². The summed E-state index contributed by atoms with van der Waals surface area (Å²) in [4.78, 5) is 35.6. The van der Waals surface area contributed by atoms with E-state index in [9.17, 15) is 14.4 Å². The first kappa shape index (κ1) is 18.0. The van der Waals surface area contributed by atoms with Crippen LogP contribution >= 0.6 is 11.8 Å². The van der Waals surface area contributed by atoms with Crippen molar-refractivity contribution in [1.29, 1.82) is 0 Å². The first-order valence-electron chi connectivity index (χ1n) is 8.18. The standard InChI is InChI=1S/C19H18N2O4S/c22-17(20-15-3-1-2-13(10-15)19(24)25)11-26-16-8-6-14(7-9-16)21-18(23)12-4-5-12/h1-3,6-10,12H,4-5,11H2,(H,20,22)(H,21,23)(H,24,25). The van der Waals surface area contributed by atoms with Gasteiger partial charge in [-0.25, -0.2) is 4.79 Å². The Bertz CT molecular complexity index is 832. The summed E-state index contributed by atoms with van der Waals surface area (Å²) in [5, 5.41) is 14.5. The molecule has 0 heterocycles. The molecule has 0 radical (unpaired) electrons. The van der Waals surface area contributed by atoms with Gasteiger partial charge in [-0.2, -0.15) is 0 Å². The number of rotatable bonds is 7. The number of nitrogens with one attached hydrogen (secondary N) is 2. The molecule has 3 rings (SSSR count). The first-order valence-corrected chi connectivity index (χ1v) is 9.17. The largest absolute Gasteiger partial charge is 0.478 e. The number of anilines is 2. The second-order valence-electron chi connectivity index (χ2n) is 6.01. The van der Waals surface area contributed by atoms with Crippen LogP contribution in [0.25, 0.3) is 0 Å². The van der Waals surface area contributed by atoms with Gasteiger partial charge in [0.25, 0.3) is 0 Å². The van der Waals surface area contributed by atoms with Gasteiger partial charge in [0.05, 0.1) is 11.3 Å². The summed E-state index contributed by atoms with van der Waals surface area (Å²) in [5.41, 5.74) is 1.33. The minimum atomic E-state index is -1.04. The number of carbonyl (C=O) groups is 3. The summed E-state index contributed by atoms with van der Waals surface area (Å²) >= 11 is 1.36. The van der Waals surface area contributed by atoms with Crippen LogP contribution in [0.2, 0.25) is 0 Å². The van der Waals surface area contributed by atoms with E-state index >= 15 is 0 Å². The van der Waals surface area contributed by atoms with E-state index in [0.717, 1.165) is 23.4 Å². The van der Waals surface area contributed by atoms with Crippen LogP contribution in [0.15, 0.2) is 53.4 Å². The third kappa shape index (κ3) is 5.10. The second kappa shape index (κ2) is 8.05. The number of amides is 2. The van der Waals surface area contributed by atoms with Crippen LogP contribution in [-0.4, -0.2) is 28.6 Å². The molecular weight excluding hydrogens is 352 g/mol. The maximum Gasteiger partial charge on any atom is 0.335 e. The highest BCUT2D eigenvalue weighted by Crippen LogP contribution is 2.30. The van der Waals surface area contributed by atoms with Gasteiger partial charge in [0, 0.05) is 22.2 Å². The molecule has 2 aromatic rings. The normalized spacial score (nSPS) is 13.1. The van der Waals surface area contributed by atoms with Gasteiger partial charge >= 0.3 is 5.97 Å². The van der Waals surface area contributed by atoms with Crippen LogP contribution in [0, 0.1) is 5.92 Å². The zero-order valence-electron chi connectivity index (χ0n) is 13.9. The van der Waals surface area contributed by atoms with Gasteiger partial charge in [-0.3, -0.25) is 9.59 Å². The summed E-state index contributed by atoms with van der Waals surface area (Å²) in [6.45, 7) is 0. The van der Waals surface area contributed by atoms with Crippen molar-refractivity contribution in [2.75, 3.05) is 16.4 Å². The molecule has 2 aromatic carbocycles. The maximum absolute atomic E-state index is 12.0. The Morgan fingerprint density at radius 1 is 1.00 bits per heavy atom. The van der Waals surface area contributed by atoms with Gasteiger partial charge in [-0.15, -0.1) is 11.8 Å². The fraction of sp³-hybridized carbons (Fsp3) is 0.211. The molecule has 1 aliphatic rings. The zero-order valence-corrected chi connectivity index (χ0v) is 14.7. The molecule has 1 saturated carbocycles. The van der Waals surface area contributed by atoms with E-state index in [1.807, 2.05) is 24.3 Å². The highest BCUT2D eigenvalue weighted by atomic mass is 32.2. The molecule has 1 aliphatic carbocycles. The minimum absolute atomic E-state index is 0.0633. The molecule has 1 fully saturated rings. The van der Waals surface area contributed by atoms with Gasteiger partial charge in [-0.1, -0.05) is 6.07 Å². The highest BCUT2D eigenvalue weighted by Gasteiger charge is 2.29. The molecule has 0 saturated heterocycles. The summed E-state index contributed by atoms with van der Waals surface area (Å²) < 4.78 is 0. The molecule has 0 spiro atoms. The Kier molecular flexibility index (Phi) is 5.58. The summed E-state index contributed by atoms with van der Waals surface area (Å²) in [6, 6.07) is 13.5. The van der Waals surface area contributed by atoms with Crippen molar-refractivity contribution in [3.63, 3.8) is 0 Å². The Balaban J connectivity index is 1.48. The fourth-order valence-corrected chi connectivity index (χ4v) is 3.00. The number of hydrogen-bond acceptors (Lipinski definition) is 4. The SMILES string of the molecule is O=C(CSc1ccc(NC(=O)C2CC2)cc1)Nc1cccc(C(=O)O)c1. The Morgan fingerprint density at radius 3 is 2.38 bits per heavy atom. The van der Waals surface area contributed by atoms with E-state index < -0.39 is 5.97 Å². The molecule has 3 N–H and O–H groups in total.